The summed E-state index contributed by atoms with van der Waals surface area (Å²) in [5.41, 5.74) is 1.53. The van der Waals surface area contributed by atoms with Gasteiger partial charge in [0, 0.05) is 5.69 Å². The summed E-state index contributed by atoms with van der Waals surface area (Å²) in [5, 5.41) is 6.19. The van der Waals surface area contributed by atoms with Crippen molar-refractivity contribution in [3.05, 3.63) is 53.1 Å². The second kappa shape index (κ2) is 8.52. The van der Waals surface area contributed by atoms with E-state index in [1.165, 1.54) is 0 Å². The maximum Gasteiger partial charge on any atom is 0.230 e. The van der Waals surface area contributed by atoms with Gasteiger partial charge < -0.3 is 20.1 Å². The number of benzene rings is 2. The fraction of sp³-hybridized carbons (Fsp3) is 0.176. The van der Waals surface area contributed by atoms with E-state index in [0.717, 1.165) is 11.3 Å². The fourth-order valence-electron chi connectivity index (χ4n) is 2.01. The summed E-state index contributed by atoms with van der Waals surface area (Å²) in [6.45, 7) is 0. The lowest BCUT2D eigenvalue weighted by Gasteiger charge is -2.11. The van der Waals surface area contributed by atoms with E-state index < -0.39 is 0 Å². The van der Waals surface area contributed by atoms with Crippen LogP contribution in [0.1, 0.15) is 5.56 Å². The van der Waals surface area contributed by atoms with Crippen molar-refractivity contribution in [2.45, 2.75) is 6.42 Å². The van der Waals surface area contributed by atoms with Crippen LogP contribution in [0.5, 0.6) is 11.5 Å². The molecule has 2 aromatic rings. The minimum Gasteiger partial charge on any atom is -0.497 e. The van der Waals surface area contributed by atoms with Crippen LogP contribution in [-0.4, -0.2) is 25.2 Å². The molecule has 0 fully saturated rings. The summed E-state index contributed by atoms with van der Waals surface area (Å²) in [6.07, 6.45) is 0.217. The Morgan fingerprint density at radius 1 is 1.12 bits per heavy atom. The van der Waals surface area contributed by atoms with Gasteiger partial charge in [-0.15, -0.1) is 0 Å². The first-order valence-corrected chi connectivity index (χ1v) is 7.87. The SMILES string of the molecule is COc1ccc(CC(=O)NC(=S)Nc2ccc(OC)c(Cl)c2)cc1. The van der Waals surface area contributed by atoms with Crippen molar-refractivity contribution < 1.29 is 14.3 Å². The number of anilines is 1. The first-order chi connectivity index (χ1) is 11.5. The van der Waals surface area contributed by atoms with Crippen LogP contribution in [0.15, 0.2) is 42.5 Å². The number of methoxy groups -OCH3 is 2. The molecular formula is C17H17ClN2O3S. The summed E-state index contributed by atoms with van der Waals surface area (Å²) in [6, 6.07) is 12.4. The summed E-state index contributed by atoms with van der Waals surface area (Å²) >= 11 is 11.2. The first kappa shape index (κ1) is 18.0. The minimum atomic E-state index is -0.211. The molecule has 0 unspecified atom stereocenters. The summed E-state index contributed by atoms with van der Waals surface area (Å²) in [5.74, 6) is 1.10. The van der Waals surface area contributed by atoms with Crippen molar-refractivity contribution >= 4 is 40.5 Å². The number of amides is 1. The Balaban J connectivity index is 1.89. The molecule has 0 atom stereocenters. The van der Waals surface area contributed by atoms with Gasteiger partial charge in [0.1, 0.15) is 11.5 Å². The number of thiocarbonyl (C=S) groups is 1. The second-order valence-corrected chi connectivity index (χ2v) is 5.69. The van der Waals surface area contributed by atoms with Crippen molar-refractivity contribution in [2.24, 2.45) is 0 Å². The zero-order chi connectivity index (χ0) is 17.5. The van der Waals surface area contributed by atoms with Crippen LogP contribution in [0.25, 0.3) is 0 Å². The van der Waals surface area contributed by atoms with E-state index in [1.807, 2.05) is 12.1 Å². The smallest absolute Gasteiger partial charge is 0.230 e. The highest BCUT2D eigenvalue weighted by Crippen LogP contribution is 2.27. The van der Waals surface area contributed by atoms with E-state index in [2.05, 4.69) is 10.6 Å². The number of carbonyl (C=O) groups is 1. The lowest BCUT2D eigenvalue weighted by Crippen LogP contribution is -2.35. The predicted molar refractivity (Wildman–Crippen MR) is 99.1 cm³/mol. The highest BCUT2D eigenvalue weighted by molar-refractivity contribution is 7.80. The Morgan fingerprint density at radius 2 is 1.83 bits per heavy atom. The van der Waals surface area contributed by atoms with Crippen molar-refractivity contribution in [1.29, 1.82) is 0 Å². The van der Waals surface area contributed by atoms with Gasteiger partial charge in [-0.05, 0) is 48.1 Å². The zero-order valence-electron chi connectivity index (χ0n) is 13.3. The number of nitrogens with one attached hydrogen (secondary N) is 2. The highest BCUT2D eigenvalue weighted by atomic mass is 35.5. The second-order valence-electron chi connectivity index (χ2n) is 4.88. The van der Waals surface area contributed by atoms with Crippen LogP contribution in [0.2, 0.25) is 5.02 Å². The van der Waals surface area contributed by atoms with Crippen molar-refractivity contribution in [2.75, 3.05) is 19.5 Å². The van der Waals surface area contributed by atoms with Crippen LogP contribution in [0, 0.1) is 0 Å². The van der Waals surface area contributed by atoms with E-state index in [1.54, 1.807) is 44.6 Å². The van der Waals surface area contributed by atoms with Gasteiger partial charge in [-0.3, -0.25) is 4.79 Å². The Kier molecular flexibility index (Phi) is 6.40. The number of halogens is 1. The van der Waals surface area contributed by atoms with Crippen LogP contribution in [-0.2, 0) is 11.2 Å². The largest absolute Gasteiger partial charge is 0.497 e. The maximum absolute atomic E-state index is 12.0. The van der Waals surface area contributed by atoms with Crippen molar-refractivity contribution in [3.63, 3.8) is 0 Å². The van der Waals surface area contributed by atoms with E-state index in [-0.39, 0.29) is 17.4 Å². The third kappa shape index (κ3) is 5.11. The number of rotatable bonds is 5. The predicted octanol–water partition coefficient (Wildman–Crippen LogP) is 3.41. The number of carbonyl (C=O) groups excluding carboxylic acids is 1. The summed E-state index contributed by atoms with van der Waals surface area (Å²) < 4.78 is 10.2. The molecule has 0 aliphatic heterocycles. The molecule has 0 saturated carbocycles. The zero-order valence-corrected chi connectivity index (χ0v) is 14.8. The lowest BCUT2D eigenvalue weighted by molar-refractivity contribution is -0.119. The van der Waals surface area contributed by atoms with Gasteiger partial charge in [0.15, 0.2) is 5.11 Å². The molecule has 5 nitrogen and oxygen atoms in total. The topological polar surface area (TPSA) is 59.6 Å². The van der Waals surface area contributed by atoms with E-state index >= 15 is 0 Å². The first-order valence-electron chi connectivity index (χ1n) is 7.09. The van der Waals surface area contributed by atoms with Gasteiger partial charge in [-0.1, -0.05) is 23.7 Å². The van der Waals surface area contributed by atoms with E-state index in [4.69, 9.17) is 33.3 Å². The molecule has 0 aliphatic carbocycles. The molecule has 2 rings (SSSR count). The minimum absolute atomic E-state index is 0.203. The van der Waals surface area contributed by atoms with E-state index in [0.29, 0.717) is 16.5 Å². The molecule has 2 N–H and O–H groups in total. The van der Waals surface area contributed by atoms with E-state index in [9.17, 15) is 4.79 Å². The Bertz CT molecular complexity index is 735. The number of hydrogen-bond donors (Lipinski definition) is 2. The van der Waals surface area contributed by atoms with Crippen molar-refractivity contribution in [1.82, 2.24) is 5.32 Å². The quantitative estimate of drug-likeness (QED) is 0.796. The Hall–Kier alpha value is -2.31. The number of hydrogen-bond acceptors (Lipinski definition) is 4. The molecule has 0 saturated heterocycles. The van der Waals surface area contributed by atoms with Gasteiger partial charge >= 0.3 is 0 Å². The molecule has 1 amide bonds. The van der Waals surface area contributed by atoms with Crippen LogP contribution >= 0.6 is 23.8 Å². The van der Waals surface area contributed by atoms with Gasteiger partial charge in [0.2, 0.25) is 5.91 Å². The third-order valence-corrected chi connectivity index (χ3v) is 3.69. The summed E-state index contributed by atoms with van der Waals surface area (Å²) in [4.78, 5) is 12.0. The van der Waals surface area contributed by atoms with Gasteiger partial charge in [-0.2, -0.15) is 0 Å². The molecule has 7 heteroatoms. The molecule has 0 aliphatic rings. The van der Waals surface area contributed by atoms with Gasteiger partial charge in [0.05, 0.1) is 25.7 Å². The monoisotopic (exact) mass is 364 g/mol. The summed E-state index contributed by atoms with van der Waals surface area (Å²) in [7, 11) is 3.13. The van der Waals surface area contributed by atoms with Gasteiger partial charge in [-0.25, -0.2) is 0 Å². The molecule has 2 aromatic carbocycles. The van der Waals surface area contributed by atoms with Crippen LogP contribution < -0.4 is 20.1 Å². The molecule has 0 bridgehead atoms. The van der Waals surface area contributed by atoms with Crippen LogP contribution in [0.3, 0.4) is 0 Å². The molecule has 0 aromatic heterocycles. The normalized spacial score (nSPS) is 9.96. The average molecular weight is 365 g/mol. The van der Waals surface area contributed by atoms with Gasteiger partial charge in [0.25, 0.3) is 0 Å². The molecular weight excluding hydrogens is 348 g/mol. The molecule has 24 heavy (non-hydrogen) atoms. The Labute approximate surface area is 150 Å². The maximum atomic E-state index is 12.0. The molecule has 0 radical (unpaired) electrons. The fourth-order valence-corrected chi connectivity index (χ4v) is 2.50. The number of ether oxygens (including phenoxy) is 2. The molecule has 0 spiro atoms. The Morgan fingerprint density at radius 3 is 2.42 bits per heavy atom. The molecule has 0 heterocycles. The standard InChI is InChI=1S/C17H17ClN2O3S/c1-22-13-6-3-11(4-7-13)9-16(21)20-17(24)19-12-5-8-15(23-2)14(18)10-12/h3-8,10H,9H2,1-2H3,(H2,19,20,21,24). The highest BCUT2D eigenvalue weighted by Gasteiger charge is 2.08. The lowest BCUT2D eigenvalue weighted by atomic mass is 10.1. The average Bonchev–Trinajstić information content (AvgIpc) is 2.55. The molecule has 126 valence electrons. The van der Waals surface area contributed by atoms with Crippen molar-refractivity contribution in [3.8, 4) is 11.5 Å². The third-order valence-electron chi connectivity index (χ3n) is 3.19. The van der Waals surface area contributed by atoms with Crippen LogP contribution in [0.4, 0.5) is 5.69 Å².